The van der Waals surface area contributed by atoms with Crippen LogP contribution in [0.2, 0.25) is 0 Å². The predicted octanol–water partition coefficient (Wildman–Crippen LogP) is 1.58. The van der Waals surface area contributed by atoms with Crippen molar-refractivity contribution < 1.29 is 9.90 Å². The van der Waals surface area contributed by atoms with Crippen LogP contribution in [0.25, 0.3) is 0 Å². The van der Waals surface area contributed by atoms with Gasteiger partial charge in [0.1, 0.15) is 5.56 Å². The first-order chi connectivity index (χ1) is 7.99. The number of aromatic carboxylic acids is 1. The van der Waals surface area contributed by atoms with Gasteiger partial charge in [0.25, 0.3) is 5.56 Å². The Bertz CT molecular complexity index is 535. The van der Waals surface area contributed by atoms with Crippen LogP contribution in [0.4, 0.5) is 0 Å². The monoisotopic (exact) mass is 233 g/mol. The van der Waals surface area contributed by atoms with Crippen molar-refractivity contribution in [3.05, 3.63) is 33.2 Å². The van der Waals surface area contributed by atoms with Crippen molar-refractivity contribution in [3.63, 3.8) is 0 Å². The van der Waals surface area contributed by atoms with Gasteiger partial charge in [0.2, 0.25) is 0 Å². The molecule has 0 saturated heterocycles. The number of pyridine rings is 1. The molecular formula is C13H15NO3. The minimum absolute atomic E-state index is 0.156. The summed E-state index contributed by atoms with van der Waals surface area (Å²) in [5.41, 5.74) is 0.644. The third kappa shape index (κ3) is 2.76. The minimum Gasteiger partial charge on any atom is -0.477 e. The topological polar surface area (TPSA) is 59.3 Å². The maximum Gasteiger partial charge on any atom is 0.341 e. The number of aromatic nitrogens is 1. The molecule has 0 aromatic carbocycles. The largest absolute Gasteiger partial charge is 0.477 e. The molecule has 0 saturated carbocycles. The number of hydrogen-bond acceptors (Lipinski definition) is 2. The van der Waals surface area contributed by atoms with Crippen molar-refractivity contribution in [2.24, 2.45) is 0 Å². The number of carboxylic acid groups (broad SMARTS) is 1. The Kier molecular flexibility index (Phi) is 4.11. The van der Waals surface area contributed by atoms with E-state index in [9.17, 15) is 9.59 Å². The molecule has 0 fully saturated rings. The van der Waals surface area contributed by atoms with Crippen LogP contribution in [0.1, 0.15) is 34.5 Å². The Morgan fingerprint density at radius 1 is 1.53 bits per heavy atom. The second-order valence-electron chi connectivity index (χ2n) is 3.91. The highest BCUT2D eigenvalue weighted by Crippen LogP contribution is 2.07. The van der Waals surface area contributed by atoms with E-state index in [0.717, 1.165) is 5.69 Å². The Morgan fingerprint density at radius 2 is 2.18 bits per heavy atom. The molecule has 0 amide bonds. The number of carbonyl (C=O) groups is 1. The Balaban J connectivity index is 3.23. The Morgan fingerprint density at radius 3 is 2.71 bits per heavy atom. The van der Waals surface area contributed by atoms with Gasteiger partial charge < -0.3 is 9.67 Å². The van der Waals surface area contributed by atoms with Crippen molar-refractivity contribution in [1.29, 1.82) is 0 Å². The zero-order valence-corrected chi connectivity index (χ0v) is 9.99. The first kappa shape index (κ1) is 13.0. The second kappa shape index (κ2) is 5.35. The van der Waals surface area contributed by atoms with E-state index in [1.165, 1.54) is 4.57 Å². The summed E-state index contributed by atoms with van der Waals surface area (Å²) >= 11 is 0. The van der Waals surface area contributed by atoms with Crippen LogP contribution in [-0.4, -0.2) is 15.6 Å². The lowest BCUT2D eigenvalue weighted by molar-refractivity contribution is 0.0693. The highest BCUT2D eigenvalue weighted by Gasteiger charge is 2.15. The molecule has 90 valence electrons. The summed E-state index contributed by atoms with van der Waals surface area (Å²) in [5.74, 6) is 1.31. The van der Waals surface area contributed by atoms with Crippen molar-refractivity contribution in [1.82, 2.24) is 4.57 Å². The zero-order valence-electron chi connectivity index (χ0n) is 9.99. The molecule has 0 aliphatic carbocycles. The lowest BCUT2D eigenvalue weighted by atomic mass is 10.1. The van der Waals surface area contributed by atoms with Crippen LogP contribution in [0, 0.1) is 26.2 Å². The van der Waals surface area contributed by atoms with Crippen LogP contribution in [-0.2, 0) is 6.54 Å². The van der Waals surface area contributed by atoms with Crippen molar-refractivity contribution in [3.8, 4) is 12.3 Å². The lowest BCUT2D eigenvalue weighted by Gasteiger charge is -2.11. The summed E-state index contributed by atoms with van der Waals surface area (Å²) < 4.78 is 1.47. The SMILES string of the molecule is C#CCCCn1c(C)cc(C)c(C(=O)O)c1=O. The van der Waals surface area contributed by atoms with Gasteiger partial charge in [0.05, 0.1) is 0 Å². The van der Waals surface area contributed by atoms with Gasteiger partial charge in [-0.05, 0) is 31.9 Å². The summed E-state index contributed by atoms with van der Waals surface area (Å²) in [6, 6.07) is 1.71. The highest BCUT2D eigenvalue weighted by molar-refractivity contribution is 5.88. The van der Waals surface area contributed by atoms with Crippen molar-refractivity contribution in [2.45, 2.75) is 33.2 Å². The molecular weight excluding hydrogens is 218 g/mol. The van der Waals surface area contributed by atoms with Crippen LogP contribution in [0.5, 0.6) is 0 Å². The van der Waals surface area contributed by atoms with Crippen LogP contribution in [0.3, 0.4) is 0 Å². The normalized spacial score (nSPS) is 9.94. The van der Waals surface area contributed by atoms with E-state index < -0.39 is 11.5 Å². The maximum atomic E-state index is 12.0. The van der Waals surface area contributed by atoms with Gasteiger partial charge in [-0.2, -0.15) is 0 Å². The molecule has 0 bridgehead atoms. The van der Waals surface area contributed by atoms with E-state index in [4.69, 9.17) is 11.5 Å². The number of terminal acetylenes is 1. The summed E-state index contributed by atoms with van der Waals surface area (Å²) in [6.07, 6.45) is 6.38. The Hall–Kier alpha value is -2.02. The van der Waals surface area contributed by atoms with E-state index in [0.29, 0.717) is 24.9 Å². The van der Waals surface area contributed by atoms with Gasteiger partial charge in [-0.25, -0.2) is 4.79 Å². The fourth-order valence-corrected chi connectivity index (χ4v) is 1.80. The molecule has 1 aromatic heterocycles. The van der Waals surface area contributed by atoms with E-state index in [2.05, 4.69) is 5.92 Å². The van der Waals surface area contributed by atoms with E-state index in [1.54, 1.807) is 19.9 Å². The average Bonchev–Trinajstić information content (AvgIpc) is 2.21. The molecule has 0 spiro atoms. The van der Waals surface area contributed by atoms with E-state index in [1.807, 2.05) is 0 Å². The third-order valence-corrected chi connectivity index (χ3v) is 2.62. The summed E-state index contributed by atoms with van der Waals surface area (Å²) in [7, 11) is 0. The third-order valence-electron chi connectivity index (χ3n) is 2.62. The molecule has 0 radical (unpaired) electrons. The van der Waals surface area contributed by atoms with Crippen LogP contribution in [0.15, 0.2) is 10.9 Å². The molecule has 1 aromatic rings. The average molecular weight is 233 g/mol. The highest BCUT2D eigenvalue weighted by atomic mass is 16.4. The minimum atomic E-state index is -1.18. The molecule has 0 unspecified atom stereocenters. The standard InChI is InChI=1S/C13H15NO3/c1-4-5-6-7-14-10(3)8-9(2)11(12(14)15)13(16)17/h1,8H,5-7H2,2-3H3,(H,16,17). The maximum absolute atomic E-state index is 12.0. The van der Waals surface area contributed by atoms with Gasteiger partial charge >= 0.3 is 5.97 Å². The molecule has 4 heteroatoms. The second-order valence-corrected chi connectivity index (χ2v) is 3.91. The first-order valence-electron chi connectivity index (χ1n) is 5.36. The number of rotatable bonds is 4. The quantitative estimate of drug-likeness (QED) is 0.634. The smallest absolute Gasteiger partial charge is 0.341 e. The van der Waals surface area contributed by atoms with E-state index in [-0.39, 0.29) is 5.56 Å². The fourth-order valence-electron chi connectivity index (χ4n) is 1.80. The van der Waals surface area contributed by atoms with Gasteiger partial charge in [0.15, 0.2) is 0 Å². The molecule has 1 heterocycles. The summed E-state index contributed by atoms with van der Waals surface area (Å²) in [6.45, 7) is 3.87. The number of carboxylic acids is 1. The molecule has 4 nitrogen and oxygen atoms in total. The molecule has 1 N–H and O–H groups in total. The Labute approximate surface area is 99.9 Å². The van der Waals surface area contributed by atoms with Gasteiger partial charge in [-0.15, -0.1) is 12.3 Å². The number of hydrogen-bond donors (Lipinski definition) is 1. The summed E-state index contributed by atoms with van der Waals surface area (Å²) in [5, 5.41) is 8.99. The predicted molar refractivity (Wildman–Crippen MR) is 65.2 cm³/mol. The van der Waals surface area contributed by atoms with E-state index >= 15 is 0 Å². The number of nitrogens with zero attached hydrogens (tertiary/aromatic N) is 1. The molecule has 1 rings (SSSR count). The first-order valence-corrected chi connectivity index (χ1v) is 5.36. The van der Waals surface area contributed by atoms with Gasteiger partial charge in [0, 0.05) is 18.7 Å². The molecule has 0 aliphatic rings. The fraction of sp³-hybridized carbons (Fsp3) is 0.385. The molecule has 0 aliphatic heterocycles. The van der Waals surface area contributed by atoms with Gasteiger partial charge in [-0.3, -0.25) is 4.79 Å². The van der Waals surface area contributed by atoms with Crippen molar-refractivity contribution >= 4 is 5.97 Å². The lowest BCUT2D eigenvalue weighted by Crippen LogP contribution is -2.29. The van der Waals surface area contributed by atoms with Gasteiger partial charge in [-0.1, -0.05) is 0 Å². The van der Waals surface area contributed by atoms with Crippen LogP contribution >= 0.6 is 0 Å². The number of aryl methyl sites for hydroxylation is 2. The van der Waals surface area contributed by atoms with Crippen molar-refractivity contribution in [2.75, 3.05) is 0 Å². The molecule has 0 atom stereocenters. The zero-order chi connectivity index (χ0) is 13.0. The van der Waals surface area contributed by atoms with Crippen LogP contribution < -0.4 is 5.56 Å². The molecule has 17 heavy (non-hydrogen) atoms. The summed E-state index contributed by atoms with van der Waals surface area (Å²) in [4.78, 5) is 23.0. The number of unbranched alkanes of at least 4 members (excludes halogenated alkanes) is 1.